The topological polar surface area (TPSA) is 0 Å². The Labute approximate surface area is 143 Å². The van der Waals surface area contributed by atoms with Crippen molar-refractivity contribution in [1.29, 1.82) is 0 Å². The number of benzene rings is 3. The van der Waals surface area contributed by atoms with Gasteiger partial charge in [-0.3, -0.25) is 0 Å². The van der Waals surface area contributed by atoms with E-state index < -0.39 is 0 Å². The molecule has 0 saturated carbocycles. The highest BCUT2D eigenvalue weighted by Gasteiger charge is 2.09. The number of aryl methyl sites for hydroxylation is 1. The van der Waals surface area contributed by atoms with Crippen LogP contribution in [-0.2, 0) is 0 Å². The van der Waals surface area contributed by atoms with Crippen molar-refractivity contribution in [2.75, 3.05) is 0 Å². The Balaban J connectivity index is 2.04. The van der Waals surface area contributed by atoms with Crippen LogP contribution in [0.4, 0.5) is 0 Å². The van der Waals surface area contributed by atoms with Crippen LogP contribution in [0.2, 0.25) is 0 Å². The van der Waals surface area contributed by atoms with Gasteiger partial charge < -0.3 is 0 Å². The second-order valence-electron chi connectivity index (χ2n) is 6.00. The second kappa shape index (κ2) is 6.96. The molecule has 0 saturated heterocycles. The van der Waals surface area contributed by atoms with Gasteiger partial charge in [0.25, 0.3) is 0 Å². The molecule has 3 rings (SSSR count). The van der Waals surface area contributed by atoms with Crippen LogP contribution in [0.25, 0.3) is 22.3 Å². The van der Waals surface area contributed by atoms with E-state index in [0.29, 0.717) is 0 Å². The first kappa shape index (κ1) is 16.4. The van der Waals surface area contributed by atoms with Crippen molar-refractivity contribution in [1.82, 2.24) is 0 Å². The molecule has 0 heterocycles. The van der Waals surface area contributed by atoms with Gasteiger partial charge in [0.15, 0.2) is 0 Å². The van der Waals surface area contributed by atoms with Crippen molar-refractivity contribution in [3.8, 4) is 22.3 Å². The van der Waals surface area contributed by atoms with E-state index >= 15 is 0 Å². The van der Waals surface area contributed by atoms with Crippen molar-refractivity contribution in [3.05, 3.63) is 77.4 Å². The summed E-state index contributed by atoms with van der Waals surface area (Å²) in [7, 11) is 3.58. The molecule has 3 aromatic rings. The molecule has 0 fully saturated rings. The Morgan fingerprint density at radius 3 is 1.48 bits per heavy atom. The summed E-state index contributed by atoms with van der Waals surface area (Å²) in [4.78, 5) is 0. The average Bonchev–Trinajstić information content (AvgIpc) is 2.58. The molecule has 3 aromatic carbocycles. The Morgan fingerprint density at radius 2 is 1.04 bits per heavy atom. The lowest BCUT2D eigenvalue weighted by molar-refractivity contribution is 1.33. The van der Waals surface area contributed by atoms with E-state index in [9.17, 15) is 0 Å². The lowest BCUT2D eigenvalue weighted by atomic mass is 9.90. The maximum absolute atomic E-state index is 2.81. The molecular weight excluding hydrogens is 314 g/mol. The molecule has 2 atom stereocenters. The predicted molar refractivity (Wildman–Crippen MR) is 109 cm³/mol. The van der Waals surface area contributed by atoms with E-state index in [0.717, 1.165) is 8.27 Å². The summed E-state index contributed by atoms with van der Waals surface area (Å²) in [5.74, 6) is 0. The maximum Gasteiger partial charge on any atom is -0.0152 e. The summed E-state index contributed by atoms with van der Waals surface area (Å²) in [6.07, 6.45) is 0. The van der Waals surface area contributed by atoms with E-state index in [2.05, 4.69) is 90.4 Å². The Bertz CT molecular complexity index is 816. The minimum atomic E-state index is 0.774. The highest BCUT2D eigenvalue weighted by molar-refractivity contribution is 8.06. The number of hydrogen-bond acceptors (Lipinski definition) is 0. The molecular formula is C21H22P2. The van der Waals surface area contributed by atoms with E-state index in [-0.39, 0.29) is 0 Å². The lowest BCUT2D eigenvalue weighted by Gasteiger charge is -2.14. The first-order valence-corrected chi connectivity index (χ1v) is 10.7. The monoisotopic (exact) mass is 336 g/mol. The van der Waals surface area contributed by atoms with Gasteiger partial charge in [0.1, 0.15) is 0 Å². The largest absolute Gasteiger partial charge is 0.110 e. The molecule has 23 heavy (non-hydrogen) atoms. The van der Waals surface area contributed by atoms with E-state index in [1.807, 2.05) is 0 Å². The van der Waals surface area contributed by atoms with Crippen molar-refractivity contribution in [2.45, 2.75) is 20.8 Å². The Kier molecular flexibility index (Phi) is 4.96. The zero-order valence-corrected chi connectivity index (χ0v) is 16.0. The number of rotatable bonds is 3. The van der Waals surface area contributed by atoms with E-state index in [1.54, 1.807) is 0 Å². The van der Waals surface area contributed by atoms with Gasteiger partial charge >= 0.3 is 0 Å². The van der Waals surface area contributed by atoms with Crippen LogP contribution >= 0.6 is 17.2 Å². The average molecular weight is 336 g/mol. The Morgan fingerprint density at radius 1 is 0.609 bits per heavy atom. The maximum atomic E-state index is 2.81. The standard InChI is InChI=1S/C21H22P2/c1-14-4-6-17(7-5-14)20-12-13-21(16(3)15(20)2)18-8-10-19(23-22)11-9-18/h4-13,23H,22H2,1-3H3. The summed E-state index contributed by atoms with van der Waals surface area (Å²) in [6, 6.07) is 22.2. The zero-order valence-electron chi connectivity index (χ0n) is 13.9. The molecule has 0 aromatic heterocycles. The minimum Gasteiger partial charge on any atom is -0.110 e. The van der Waals surface area contributed by atoms with Crippen LogP contribution < -0.4 is 5.30 Å². The van der Waals surface area contributed by atoms with Crippen LogP contribution in [0.1, 0.15) is 16.7 Å². The summed E-state index contributed by atoms with van der Waals surface area (Å²) in [5.41, 5.74) is 9.28. The zero-order chi connectivity index (χ0) is 16.4. The fourth-order valence-electron chi connectivity index (χ4n) is 2.93. The third-order valence-corrected chi connectivity index (χ3v) is 6.18. The van der Waals surface area contributed by atoms with Crippen molar-refractivity contribution in [3.63, 3.8) is 0 Å². The van der Waals surface area contributed by atoms with E-state index in [1.165, 1.54) is 44.2 Å². The van der Waals surface area contributed by atoms with Crippen LogP contribution in [-0.4, -0.2) is 0 Å². The molecule has 0 amide bonds. The van der Waals surface area contributed by atoms with Crippen molar-refractivity contribution < 1.29 is 0 Å². The molecule has 2 unspecified atom stereocenters. The third kappa shape index (κ3) is 3.40. The van der Waals surface area contributed by atoms with Gasteiger partial charge in [0, 0.05) is 0 Å². The molecule has 0 spiro atoms. The number of hydrogen-bond donors (Lipinski definition) is 0. The molecule has 0 aliphatic carbocycles. The van der Waals surface area contributed by atoms with Gasteiger partial charge in [-0.2, -0.15) is 0 Å². The Hall–Kier alpha value is -1.48. The summed E-state index contributed by atoms with van der Waals surface area (Å²) in [5, 5.41) is 1.38. The predicted octanol–water partition coefficient (Wildman–Crippen LogP) is 6.04. The molecule has 116 valence electrons. The molecule has 0 bridgehead atoms. The first-order chi connectivity index (χ1) is 11.1. The molecule has 2 heteroatoms. The first-order valence-electron chi connectivity index (χ1n) is 7.84. The summed E-state index contributed by atoms with van der Waals surface area (Å²) in [6.45, 7) is 6.59. The lowest BCUT2D eigenvalue weighted by Crippen LogP contribution is -1.94. The molecule has 0 nitrogen and oxygen atoms in total. The summed E-state index contributed by atoms with van der Waals surface area (Å²) < 4.78 is 0. The van der Waals surface area contributed by atoms with Gasteiger partial charge in [0.05, 0.1) is 0 Å². The van der Waals surface area contributed by atoms with Gasteiger partial charge in [-0.1, -0.05) is 74.5 Å². The quantitative estimate of drug-likeness (QED) is 0.512. The van der Waals surface area contributed by atoms with Gasteiger partial charge in [-0.05, 0) is 59.5 Å². The molecule has 0 aliphatic heterocycles. The highest BCUT2D eigenvalue weighted by atomic mass is 32.0. The summed E-state index contributed by atoms with van der Waals surface area (Å²) >= 11 is 0. The fraction of sp³-hybridized carbons (Fsp3) is 0.143. The molecule has 0 radical (unpaired) electrons. The normalized spacial score (nSPS) is 11.3. The van der Waals surface area contributed by atoms with Gasteiger partial charge in [-0.25, -0.2) is 0 Å². The second-order valence-corrected chi connectivity index (χ2v) is 7.73. The van der Waals surface area contributed by atoms with Crippen molar-refractivity contribution in [2.24, 2.45) is 0 Å². The van der Waals surface area contributed by atoms with Crippen molar-refractivity contribution >= 4 is 22.5 Å². The molecule has 0 aliphatic rings. The van der Waals surface area contributed by atoms with Crippen LogP contribution in [0.5, 0.6) is 0 Å². The smallest absolute Gasteiger partial charge is 0.0152 e. The third-order valence-electron chi connectivity index (χ3n) is 4.51. The SMILES string of the molecule is Cc1ccc(-c2ccc(-c3ccc(PP)cc3)c(C)c2C)cc1. The van der Waals surface area contributed by atoms with Gasteiger partial charge in [-0.15, -0.1) is 8.93 Å². The van der Waals surface area contributed by atoms with Gasteiger partial charge in [0.2, 0.25) is 0 Å². The molecule has 0 N–H and O–H groups in total. The van der Waals surface area contributed by atoms with E-state index in [4.69, 9.17) is 0 Å². The highest BCUT2D eigenvalue weighted by Crippen LogP contribution is 2.33. The van der Waals surface area contributed by atoms with Crippen LogP contribution in [0, 0.1) is 20.8 Å². The minimum absolute atomic E-state index is 0.774. The van der Waals surface area contributed by atoms with Crippen LogP contribution in [0.3, 0.4) is 0 Å². The van der Waals surface area contributed by atoms with Crippen LogP contribution in [0.15, 0.2) is 60.7 Å². The fourth-order valence-corrected chi connectivity index (χ4v) is 3.86.